The van der Waals surface area contributed by atoms with Gasteiger partial charge in [-0.25, -0.2) is 0 Å². The van der Waals surface area contributed by atoms with Gasteiger partial charge in [0.1, 0.15) is 7.92 Å². The summed E-state index contributed by atoms with van der Waals surface area (Å²) in [5.74, 6) is -14.0. The van der Waals surface area contributed by atoms with Gasteiger partial charge < -0.3 is 0 Å². The lowest BCUT2D eigenvalue weighted by atomic mass is 10.1. The summed E-state index contributed by atoms with van der Waals surface area (Å²) >= 11 is 0. The molecule has 1 unspecified atom stereocenters. The molecule has 250 valence electrons. The van der Waals surface area contributed by atoms with Gasteiger partial charge in [0.05, 0.1) is 22.3 Å². The van der Waals surface area contributed by atoms with E-state index >= 15 is 0 Å². The summed E-state index contributed by atoms with van der Waals surface area (Å²) < 4.78 is 246. The van der Waals surface area contributed by atoms with E-state index in [1.165, 1.54) is 0 Å². The first-order valence-corrected chi connectivity index (χ1v) is 14.5. The molecule has 0 nitrogen and oxygen atoms in total. The van der Waals surface area contributed by atoms with E-state index in [9.17, 15) is 79.0 Å². The smallest absolute Gasteiger partial charge is 0.167 e. The van der Waals surface area contributed by atoms with Gasteiger partial charge in [0, 0.05) is 11.6 Å². The monoisotopic (exact) mass is 718 g/mol. The molecule has 1 aliphatic rings. The second-order valence-corrected chi connectivity index (χ2v) is 14.2. The fraction of sp³-hybridized carbons (Fsp3) is 0.360. The molecule has 3 rings (SSSR count). The molecular weight excluding hydrogens is 704 g/mol. The predicted octanol–water partition coefficient (Wildman–Crippen LogP) is 11.2. The van der Waals surface area contributed by atoms with Gasteiger partial charge in [-0.15, -0.1) is 0 Å². The molecule has 0 amide bonds. The van der Waals surface area contributed by atoms with Crippen molar-refractivity contribution >= 4 is 26.5 Å². The zero-order valence-electron chi connectivity index (χ0n) is 21.5. The number of hydrogen-bond donors (Lipinski definition) is 0. The number of alkyl halides is 18. The Kier molecular flexibility index (Phi) is 9.82. The van der Waals surface area contributed by atoms with Crippen LogP contribution in [-0.4, -0.2) is 17.5 Å². The Morgan fingerprint density at radius 1 is 0.511 bits per heavy atom. The Balaban J connectivity index is 2.45. The van der Waals surface area contributed by atoms with Crippen LogP contribution in [-0.2, 0) is 24.7 Å². The van der Waals surface area contributed by atoms with Crippen molar-refractivity contribution in [3.05, 3.63) is 82.2 Å². The molecule has 0 radical (unpaired) electrons. The van der Waals surface area contributed by atoms with Gasteiger partial charge in [0.25, 0.3) is 0 Å². The molecule has 1 aliphatic carbocycles. The van der Waals surface area contributed by atoms with Crippen LogP contribution in [0, 0.1) is 5.92 Å². The Morgan fingerprint density at radius 3 is 1.09 bits per heavy atom. The summed E-state index contributed by atoms with van der Waals surface area (Å²) in [6.45, 7) is 0.412. The third-order valence-corrected chi connectivity index (χ3v) is 11.1. The predicted molar refractivity (Wildman–Crippen MR) is 128 cm³/mol. The van der Waals surface area contributed by atoms with Crippen LogP contribution in [0.3, 0.4) is 0 Å². The van der Waals surface area contributed by atoms with E-state index < -0.39 is 114 Å². The maximum atomic E-state index is 13.7. The van der Waals surface area contributed by atoms with Crippen molar-refractivity contribution in [1.29, 1.82) is 0 Å². The zero-order valence-corrected chi connectivity index (χ0v) is 23.3. The van der Waals surface area contributed by atoms with Crippen molar-refractivity contribution in [2.45, 2.75) is 49.1 Å². The summed E-state index contributed by atoms with van der Waals surface area (Å²) in [6.07, 6.45) is -20.2. The van der Waals surface area contributed by atoms with Crippen LogP contribution in [0.25, 0.3) is 0 Å². The molecule has 2 aromatic carbocycles. The van der Waals surface area contributed by atoms with E-state index in [2.05, 4.69) is 0 Å². The maximum absolute atomic E-state index is 13.7. The number of allylic oxidation sites excluding steroid dienone is 4. The van der Waals surface area contributed by atoms with E-state index in [1.54, 1.807) is 0 Å². The minimum atomic E-state index is -5.95. The first kappa shape index (κ1) is 37.0. The van der Waals surface area contributed by atoms with Crippen LogP contribution in [0.5, 0.6) is 0 Å². The third kappa shape index (κ3) is 8.47. The van der Waals surface area contributed by atoms with Crippen molar-refractivity contribution in [2.75, 3.05) is 0 Å². The molecule has 0 bridgehead atoms. The summed E-state index contributed by atoms with van der Waals surface area (Å²) in [5.41, 5.74) is -10.9. The van der Waals surface area contributed by atoms with Gasteiger partial charge >= 0.3 is 36.5 Å². The van der Waals surface area contributed by atoms with Crippen LogP contribution in [0.1, 0.15) is 29.2 Å². The summed E-state index contributed by atoms with van der Waals surface area (Å²) in [5, 5.41) is -3.29. The molecule has 45 heavy (non-hydrogen) atoms. The normalized spacial score (nSPS) is 17.8. The third-order valence-electron chi connectivity index (χ3n) is 6.32. The highest BCUT2D eigenvalue weighted by Gasteiger charge is 2.60. The molecule has 2 atom stereocenters. The molecule has 2 aromatic rings. The Hall–Kier alpha value is -2.48. The Morgan fingerprint density at radius 2 is 0.822 bits per heavy atom. The summed E-state index contributed by atoms with van der Waals surface area (Å²) in [7, 11) is -8.50. The van der Waals surface area contributed by atoms with E-state index in [1.807, 2.05) is 0 Å². The zero-order chi connectivity index (χ0) is 34.7. The molecule has 20 heteroatoms. The highest BCUT2D eigenvalue weighted by atomic mass is 31.1. The average molecular weight is 718 g/mol. The molecule has 0 spiro atoms. The lowest BCUT2D eigenvalue weighted by molar-refractivity contribution is -0.144. The van der Waals surface area contributed by atoms with Gasteiger partial charge in [-0.3, -0.25) is 0 Å². The topological polar surface area (TPSA) is 0 Å². The molecule has 0 heterocycles. The van der Waals surface area contributed by atoms with E-state index in [0.29, 0.717) is 19.1 Å². The summed E-state index contributed by atoms with van der Waals surface area (Å²) in [4.78, 5) is 0. The van der Waals surface area contributed by atoms with Gasteiger partial charge in [0.2, 0.25) is 0 Å². The Bertz CT molecular complexity index is 1300. The first-order chi connectivity index (χ1) is 20.0. The summed E-state index contributed by atoms with van der Waals surface area (Å²) in [6, 6.07) is -1.04. The van der Waals surface area contributed by atoms with Gasteiger partial charge in [-0.1, -0.05) is 25.2 Å². The molecule has 0 saturated heterocycles. The van der Waals surface area contributed by atoms with Crippen LogP contribution >= 0.6 is 15.8 Å². The van der Waals surface area contributed by atoms with Crippen molar-refractivity contribution < 1.29 is 79.0 Å². The minimum absolute atomic E-state index is 0.0499. The van der Waals surface area contributed by atoms with Crippen molar-refractivity contribution in [2.24, 2.45) is 5.92 Å². The van der Waals surface area contributed by atoms with Gasteiger partial charge in [-0.05, 0) is 60.2 Å². The fourth-order valence-electron chi connectivity index (χ4n) is 4.46. The van der Waals surface area contributed by atoms with Gasteiger partial charge in [0.15, 0.2) is 0 Å². The SMILES string of the molecule is C[C@H](C1C=CC=C1P(c1cc(C(F)(F)F)cc(C(F)(F)F)c1)c1cc(C(F)(F)F)cc(C(F)(F)F)c1)P(C(F)(F)F)C(F)(F)F. The number of benzene rings is 2. The van der Waals surface area contributed by atoms with Crippen molar-refractivity contribution in [3.63, 3.8) is 0 Å². The van der Waals surface area contributed by atoms with Crippen LogP contribution < -0.4 is 10.6 Å². The van der Waals surface area contributed by atoms with Crippen LogP contribution in [0.2, 0.25) is 0 Å². The quantitative estimate of drug-likeness (QED) is 0.213. The highest BCUT2D eigenvalue weighted by molar-refractivity contribution is 7.77. The molecular formula is C25H14F18P2. The minimum Gasteiger partial charge on any atom is -0.167 e. The van der Waals surface area contributed by atoms with Crippen molar-refractivity contribution in [1.82, 2.24) is 0 Å². The molecule has 0 fully saturated rings. The molecule has 0 saturated carbocycles. The molecule has 0 aromatic heterocycles. The van der Waals surface area contributed by atoms with Gasteiger partial charge in [-0.2, -0.15) is 79.0 Å². The second kappa shape index (κ2) is 12.0. The number of hydrogen-bond acceptors (Lipinski definition) is 0. The standard InChI is InChI=1S/C25H14F18P2/c1-11(45(24(38,39)40)25(41,42)43)18-3-2-4-19(18)44(16-7-12(20(26,27)28)5-13(8-16)21(29,30)31)17-9-14(22(32,33)34)6-15(10-17)23(35,36)37/h2-11,18H,1H3/t11-,18?/m1/s1. The lowest BCUT2D eigenvalue weighted by Crippen LogP contribution is -2.30. The highest BCUT2D eigenvalue weighted by Crippen LogP contribution is 2.70. The average Bonchev–Trinajstić information content (AvgIpc) is 3.29. The van der Waals surface area contributed by atoms with Crippen LogP contribution in [0.15, 0.2) is 59.9 Å². The maximum Gasteiger partial charge on any atom is 0.416 e. The first-order valence-electron chi connectivity index (χ1n) is 11.7. The van der Waals surface area contributed by atoms with E-state index in [4.69, 9.17) is 0 Å². The van der Waals surface area contributed by atoms with E-state index in [0.717, 1.165) is 6.08 Å². The molecule has 0 N–H and O–H groups in total. The fourth-order valence-corrected chi connectivity index (χ4v) is 9.18. The number of halogens is 18. The lowest BCUT2D eigenvalue weighted by Gasteiger charge is -2.35. The van der Waals surface area contributed by atoms with Crippen LogP contribution in [0.4, 0.5) is 79.0 Å². The van der Waals surface area contributed by atoms with Crippen molar-refractivity contribution in [3.8, 4) is 0 Å². The molecule has 0 aliphatic heterocycles. The largest absolute Gasteiger partial charge is 0.416 e. The number of rotatable bonds is 5. The van der Waals surface area contributed by atoms with E-state index in [-0.39, 0.29) is 24.3 Å². The Labute approximate surface area is 243 Å². The second-order valence-electron chi connectivity index (χ2n) is 9.41.